The molecule has 0 aromatic heterocycles. The van der Waals surface area contributed by atoms with Crippen molar-refractivity contribution in [1.82, 2.24) is 10.6 Å². The van der Waals surface area contributed by atoms with Crippen molar-refractivity contribution in [1.29, 1.82) is 0 Å². The van der Waals surface area contributed by atoms with Gasteiger partial charge in [0.1, 0.15) is 6.04 Å². The Bertz CT molecular complexity index is 561. The molecule has 1 aromatic rings. The number of carbonyl (C=O) groups excluding carboxylic acids is 2. The summed E-state index contributed by atoms with van der Waals surface area (Å²) in [6.07, 6.45) is 3.58. The highest BCUT2D eigenvalue weighted by molar-refractivity contribution is 9.10. The van der Waals surface area contributed by atoms with Crippen molar-refractivity contribution >= 4 is 27.7 Å². The van der Waals surface area contributed by atoms with E-state index < -0.39 is 0 Å². The van der Waals surface area contributed by atoms with Crippen molar-refractivity contribution in [2.24, 2.45) is 5.92 Å². The molecule has 0 radical (unpaired) electrons. The molecule has 1 heterocycles. The van der Waals surface area contributed by atoms with E-state index in [1.54, 1.807) is 0 Å². The van der Waals surface area contributed by atoms with Crippen LogP contribution in [0.15, 0.2) is 28.7 Å². The first-order chi connectivity index (χ1) is 10.1. The van der Waals surface area contributed by atoms with E-state index >= 15 is 0 Å². The van der Waals surface area contributed by atoms with Crippen LogP contribution in [0.4, 0.5) is 0 Å². The molecule has 2 N–H and O–H groups in total. The number of amides is 2. The summed E-state index contributed by atoms with van der Waals surface area (Å²) < 4.78 is 1.04. The van der Waals surface area contributed by atoms with E-state index in [0.717, 1.165) is 36.7 Å². The van der Waals surface area contributed by atoms with E-state index in [1.807, 2.05) is 12.1 Å². The zero-order valence-corrected chi connectivity index (χ0v) is 13.4. The molecule has 2 aliphatic rings. The van der Waals surface area contributed by atoms with E-state index in [2.05, 4.69) is 38.7 Å². The van der Waals surface area contributed by atoms with Gasteiger partial charge in [-0.15, -0.1) is 0 Å². The first-order valence-electron chi connectivity index (χ1n) is 7.48. The lowest BCUT2D eigenvalue weighted by atomic mass is 10.1. The van der Waals surface area contributed by atoms with Crippen LogP contribution < -0.4 is 10.6 Å². The molecule has 5 heteroatoms. The Morgan fingerprint density at radius 3 is 3.00 bits per heavy atom. The largest absolute Gasteiger partial charge is 0.354 e. The lowest BCUT2D eigenvalue weighted by molar-refractivity contribution is -0.129. The maximum Gasteiger partial charge on any atom is 0.242 e. The average molecular weight is 351 g/mol. The highest BCUT2D eigenvalue weighted by Crippen LogP contribution is 2.48. The third-order valence-electron chi connectivity index (χ3n) is 4.26. The summed E-state index contributed by atoms with van der Waals surface area (Å²) in [5.74, 6) is 0.272. The predicted molar refractivity (Wildman–Crippen MR) is 83.8 cm³/mol. The number of rotatable bonds is 3. The van der Waals surface area contributed by atoms with Crippen molar-refractivity contribution in [2.45, 2.75) is 37.6 Å². The quantitative estimate of drug-likeness (QED) is 0.878. The summed E-state index contributed by atoms with van der Waals surface area (Å²) in [7, 11) is 0. The van der Waals surface area contributed by atoms with Gasteiger partial charge in [-0.05, 0) is 49.3 Å². The van der Waals surface area contributed by atoms with Gasteiger partial charge in [0, 0.05) is 16.9 Å². The third kappa shape index (κ3) is 3.46. The van der Waals surface area contributed by atoms with Crippen molar-refractivity contribution in [3.8, 4) is 0 Å². The standard InChI is InChI=1S/C16H19BrN2O2/c17-11-5-3-4-10(8-11)12-9-13(12)15(20)19-14-6-1-2-7-18-16(14)21/h3-5,8,12-14H,1-2,6-7,9H2,(H,18,21)(H,19,20)/t12-,13-,14-/m0/s1. The summed E-state index contributed by atoms with van der Waals surface area (Å²) in [5, 5.41) is 5.77. The predicted octanol–water partition coefficient (Wildman–Crippen LogP) is 2.34. The van der Waals surface area contributed by atoms with Gasteiger partial charge in [0.25, 0.3) is 0 Å². The summed E-state index contributed by atoms with van der Waals surface area (Å²) in [4.78, 5) is 24.2. The molecule has 0 bridgehead atoms. The summed E-state index contributed by atoms with van der Waals surface area (Å²) in [6, 6.07) is 7.74. The van der Waals surface area contributed by atoms with Crippen LogP contribution in [-0.2, 0) is 9.59 Å². The van der Waals surface area contributed by atoms with Crippen molar-refractivity contribution in [3.63, 3.8) is 0 Å². The van der Waals surface area contributed by atoms with Crippen LogP contribution in [0.5, 0.6) is 0 Å². The lowest BCUT2D eigenvalue weighted by Crippen LogP contribution is -2.46. The van der Waals surface area contributed by atoms with E-state index in [0.29, 0.717) is 0 Å². The molecule has 4 nitrogen and oxygen atoms in total. The SMILES string of the molecule is O=C1NCCCC[C@@H]1NC(=O)[C@H]1C[C@H]1c1cccc(Br)c1. The van der Waals surface area contributed by atoms with Gasteiger partial charge >= 0.3 is 0 Å². The van der Waals surface area contributed by atoms with Gasteiger partial charge in [0.15, 0.2) is 0 Å². The van der Waals surface area contributed by atoms with Gasteiger partial charge in [-0.1, -0.05) is 28.1 Å². The average Bonchev–Trinajstić information content (AvgIpc) is 3.26. The Kier molecular flexibility index (Phi) is 4.29. The molecule has 1 aliphatic carbocycles. The van der Waals surface area contributed by atoms with E-state index in [1.165, 1.54) is 5.56 Å². The van der Waals surface area contributed by atoms with Crippen LogP contribution >= 0.6 is 15.9 Å². The fourth-order valence-electron chi connectivity index (χ4n) is 2.95. The molecular formula is C16H19BrN2O2. The second-order valence-corrected chi connectivity index (χ2v) is 6.77. The maximum absolute atomic E-state index is 12.3. The second-order valence-electron chi connectivity index (χ2n) is 5.85. The minimum Gasteiger partial charge on any atom is -0.354 e. The van der Waals surface area contributed by atoms with Crippen LogP contribution in [0.1, 0.15) is 37.2 Å². The van der Waals surface area contributed by atoms with Gasteiger partial charge in [-0.25, -0.2) is 0 Å². The van der Waals surface area contributed by atoms with Crippen molar-refractivity contribution in [2.75, 3.05) is 6.54 Å². The minimum absolute atomic E-state index is 0.00959. The number of nitrogens with one attached hydrogen (secondary N) is 2. The monoisotopic (exact) mass is 350 g/mol. The zero-order valence-electron chi connectivity index (χ0n) is 11.8. The van der Waals surface area contributed by atoms with Gasteiger partial charge in [-0.3, -0.25) is 9.59 Å². The first kappa shape index (κ1) is 14.6. The number of hydrogen-bond donors (Lipinski definition) is 2. The molecule has 2 fully saturated rings. The molecule has 21 heavy (non-hydrogen) atoms. The number of carbonyl (C=O) groups is 2. The number of benzene rings is 1. The van der Waals surface area contributed by atoms with Crippen molar-refractivity contribution < 1.29 is 9.59 Å². The van der Waals surface area contributed by atoms with Crippen LogP contribution in [0.2, 0.25) is 0 Å². The van der Waals surface area contributed by atoms with E-state index in [9.17, 15) is 9.59 Å². The van der Waals surface area contributed by atoms with Gasteiger partial charge in [-0.2, -0.15) is 0 Å². The molecule has 0 spiro atoms. The molecule has 0 unspecified atom stereocenters. The van der Waals surface area contributed by atoms with Crippen LogP contribution in [0.25, 0.3) is 0 Å². The Labute approximate surface area is 132 Å². The molecule has 3 atom stereocenters. The Balaban J connectivity index is 1.58. The fraction of sp³-hybridized carbons (Fsp3) is 0.500. The Morgan fingerprint density at radius 1 is 1.33 bits per heavy atom. The van der Waals surface area contributed by atoms with E-state index in [-0.39, 0.29) is 29.7 Å². The summed E-state index contributed by atoms with van der Waals surface area (Å²) in [6.45, 7) is 0.718. The Hall–Kier alpha value is -1.36. The lowest BCUT2D eigenvalue weighted by Gasteiger charge is -2.15. The number of halogens is 1. The second kappa shape index (κ2) is 6.18. The highest BCUT2D eigenvalue weighted by Gasteiger charge is 2.44. The third-order valence-corrected chi connectivity index (χ3v) is 4.75. The highest BCUT2D eigenvalue weighted by atomic mass is 79.9. The van der Waals surface area contributed by atoms with Crippen LogP contribution in [0, 0.1) is 5.92 Å². The smallest absolute Gasteiger partial charge is 0.242 e. The normalized spacial score (nSPS) is 28.4. The van der Waals surface area contributed by atoms with E-state index in [4.69, 9.17) is 0 Å². The topological polar surface area (TPSA) is 58.2 Å². The molecule has 2 amide bonds. The molecule has 1 aliphatic heterocycles. The van der Waals surface area contributed by atoms with Gasteiger partial charge in [0.05, 0.1) is 0 Å². The van der Waals surface area contributed by atoms with Crippen LogP contribution in [0.3, 0.4) is 0 Å². The number of hydrogen-bond acceptors (Lipinski definition) is 2. The van der Waals surface area contributed by atoms with Crippen molar-refractivity contribution in [3.05, 3.63) is 34.3 Å². The molecular weight excluding hydrogens is 332 g/mol. The van der Waals surface area contributed by atoms with Gasteiger partial charge < -0.3 is 10.6 Å². The summed E-state index contributed by atoms with van der Waals surface area (Å²) >= 11 is 3.46. The Morgan fingerprint density at radius 2 is 2.19 bits per heavy atom. The zero-order chi connectivity index (χ0) is 14.8. The fourth-order valence-corrected chi connectivity index (χ4v) is 3.36. The van der Waals surface area contributed by atoms with Crippen LogP contribution in [-0.4, -0.2) is 24.4 Å². The maximum atomic E-state index is 12.3. The molecule has 3 rings (SSSR count). The molecule has 1 aromatic carbocycles. The minimum atomic E-state index is -0.358. The molecule has 112 valence electrons. The first-order valence-corrected chi connectivity index (χ1v) is 8.28. The van der Waals surface area contributed by atoms with Gasteiger partial charge in [0.2, 0.25) is 11.8 Å². The summed E-state index contributed by atoms with van der Waals surface area (Å²) in [5.41, 5.74) is 1.19. The molecule has 1 saturated heterocycles. The molecule has 1 saturated carbocycles.